The molecule has 0 N–H and O–H groups in total. The number of fused-ring (bicyclic) bond motifs is 1. The zero-order valence-corrected chi connectivity index (χ0v) is 16.9. The summed E-state index contributed by atoms with van der Waals surface area (Å²) in [5.41, 5.74) is 5.41. The van der Waals surface area contributed by atoms with Crippen LogP contribution >= 0.6 is 0 Å². The first kappa shape index (κ1) is 19.1. The summed E-state index contributed by atoms with van der Waals surface area (Å²) < 4.78 is 1.96. The maximum Gasteiger partial charge on any atom is 0.254 e. The van der Waals surface area contributed by atoms with Gasteiger partial charge >= 0.3 is 0 Å². The topological polar surface area (TPSA) is 51.0 Å². The van der Waals surface area contributed by atoms with Crippen molar-refractivity contribution in [2.45, 2.75) is 47.1 Å². The molecule has 5 nitrogen and oxygen atoms in total. The lowest BCUT2D eigenvalue weighted by molar-refractivity contribution is 0.0803. The average molecular weight is 364 g/mol. The third-order valence-corrected chi connectivity index (χ3v) is 5.07. The number of benzene rings is 1. The number of hydrogen-bond donors (Lipinski definition) is 0. The molecule has 142 valence electrons. The first-order chi connectivity index (χ1) is 13.0. The molecule has 3 aromatic rings. The molecule has 0 saturated heterocycles. The van der Waals surface area contributed by atoms with E-state index < -0.39 is 0 Å². The molecule has 5 heteroatoms. The van der Waals surface area contributed by atoms with Gasteiger partial charge in [0.25, 0.3) is 5.91 Å². The highest BCUT2D eigenvalue weighted by atomic mass is 16.2. The molecule has 27 heavy (non-hydrogen) atoms. The summed E-state index contributed by atoms with van der Waals surface area (Å²) >= 11 is 0. The van der Waals surface area contributed by atoms with Crippen LogP contribution in [0.1, 0.15) is 48.2 Å². The van der Waals surface area contributed by atoms with Gasteiger partial charge in [0.15, 0.2) is 0 Å². The van der Waals surface area contributed by atoms with Crippen molar-refractivity contribution in [3.05, 3.63) is 47.3 Å². The van der Waals surface area contributed by atoms with Crippen molar-refractivity contribution in [1.82, 2.24) is 19.7 Å². The summed E-state index contributed by atoms with van der Waals surface area (Å²) in [6.07, 6.45) is 6.10. The molecule has 0 radical (unpaired) electrons. The Balaban J connectivity index is 2.19. The van der Waals surface area contributed by atoms with Crippen LogP contribution < -0.4 is 0 Å². The third kappa shape index (κ3) is 3.72. The summed E-state index contributed by atoms with van der Waals surface area (Å²) in [5, 5.41) is 5.39. The van der Waals surface area contributed by atoms with E-state index in [9.17, 15) is 4.79 Å². The predicted molar refractivity (Wildman–Crippen MR) is 110 cm³/mol. The zero-order valence-electron chi connectivity index (χ0n) is 16.9. The van der Waals surface area contributed by atoms with E-state index in [1.54, 1.807) is 4.90 Å². The van der Waals surface area contributed by atoms with Crippen LogP contribution in [0, 0.1) is 13.8 Å². The van der Waals surface area contributed by atoms with Crippen LogP contribution in [0.15, 0.2) is 30.6 Å². The highest BCUT2D eigenvalue weighted by molar-refractivity contribution is 6.08. The van der Waals surface area contributed by atoms with Crippen molar-refractivity contribution in [2.24, 2.45) is 0 Å². The minimum absolute atomic E-state index is 0.0348. The maximum atomic E-state index is 13.1. The van der Waals surface area contributed by atoms with Crippen LogP contribution in [0.25, 0.3) is 22.2 Å². The van der Waals surface area contributed by atoms with Gasteiger partial charge in [-0.15, -0.1) is 0 Å². The fourth-order valence-electron chi connectivity index (χ4n) is 3.29. The second kappa shape index (κ2) is 7.91. The van der Waals surface area contributed by atoms with E-state index in [2.05, 4.69) is 18.1 Å². The monoisotopic (exact) mass is 364 g/mol. The van der Waals surface area contributed by atoms with Gasteiger partial charge in [0.1, 0.15) is 0 Å². The number of carbonyl (C=O) groups excluding carboxylic acids is 1. The van der Waals surface area contributed by atoms with E-state index in [0.717, 1.165) is 58.2 Å². The normalized spacial score (nSPS) is 11.1. The molecule has 0 unspecified atom stereocenters. The highest BCUT2D eigenvalue weighted by Crippen LogP contribution is 2.31. The zero-order chi connectivity index (χ0) is 19.6. The fourth-order valence-corrected chi connectivity index (χ4v) is 3.29. The second-order valence-electron chi connectivity index (χ2n) is 7.15. The fraction of sp³-hybridized carbons (Fsp3) is 0.409. The van der Waals surface area contributed by atoms with E-state index in [0.29, 0.717) is 6.54 Å². The summed E-state index contributed by atoms with van der Waals surface area (Å²) in [6.45, 7) is 9.75. The minimum Gasteiger partial charge on any atom is -0.342 e. The van der Waals surface area contributed by atoms with Crippen molar-refractivity contribution in [3.8, 4) is 11.3 Å². The van der Waals surface area contributed by atoms with Crippen LogP contribution in [0.5, 0.6) is 0 Å². The Labute approximate surface area is 161 Å². The molecule has 0 atom stereocenters. The van der Waals surface area contributed by atoms with Crippen LogP contribution in [0.2, 0.25) is 0 Å². The van der Waals surface area contributed by atoms with Crippen molar-refractivity contribution < 1.29 is 4.79 Å². The first-order valence-corrected chi connectivity index (χ1v) is 9.65. The Hall–Kier alpha value is -2.69. The number of rotatable bonds is 6. The first-order valence-electron chi connectivity index (χ1n) is 9.65. The molecule has 0 aliphatic heterocycles. The predicted octanol–water partition coefficient (Wildman–Crippen LogP) is 4.61. The molecule has 1 amide bonds. The number of pyridine rings is 1. The van der Waals surface area contributed by atoms with Gasteiger partial charge in [-0.1, -0.05) is 25.0 Å². The highest BCUT2D eigenvalue weighted by Gasteiger charge is 2.21. The second-order valence-corrected chi connectivity index (χ2v) is 7.15. The van der Waals surface area contributed by atoms with Crippen LogP contribution in [-0.2, 0) is 6.54 Å². The number of aromatic nitrogens is 3. The smallest absolute Gasteiger partial charge is 0.254 e. The number of carbonyl (C=O) groups is 1. The lowest BCUT2D eigenvalue weighted by Gasteiger charge is -2.19. The summed E-state index contributed by atoms with van der Waals surface area (Å²) in [7, 11) is 1.84. The van der Waals surface area contributed by atoms with Gasteiger partial charge in [-0.3, -0.25) is 9.48 Å². The van der Waals surface area contributed by atoms with Gasteiger partial charge in [0, 0.05) is 37.3 Å². The molecular formula is C22H28N4O. The van der Waals surface area contributed by atoms with E-state index >= 15 is 0 Å². The summed E-state index contributed by atoms with van der Waals surface area (Å²) in [6, 6.07) is 6.09. The Bertz CT molecular complexity index is 974. The van der Waals surface area contributed by atoms with Gasteiger partial charge in [-0.2, -0.15) is 5.10 Å². The van der Waals surface area contributed by atoms with Gasteiger partial charge < -0.3 is 4.90 Å². The molecule has 0 aliphatic carbocycles. The van der Waals surface area contributed by atoms with E-state index in [1.807, 2.05) is 57.0 Å². The minimum atomic E-state index is 0.0348. The van der Waals surface area contributed by atoms with Gasteiger partial charge in [0.2, 0.25) is 0 Å². The molecule has 2 aromatic heterocycles. The molecule has 0 spiro atoms. The standard InChI is InChI=1S/C22H28N4O/c1-6-8-11-26-14-17(13-23-26)21-16(4)20(22(27)25(5)7-2)18-12-15(3)9-10-19(18)24-21/h9-10,12-14H,6-8,11H2,1-5H3. The average Bonchev–Trinajstić information content (AvgIpc) is 3.13. The van der Waals surface area contributed by atoms with Crippen molar-refractivity contribution in [2.75, 3.05) is 13.6 Å². The Kier molecular flexibility index (Phi) is 5.59. The SMILES string of the molecule is CCCCn1cc(-c2nc3ccc(C)cc3c(C(=O)N(C)CC)c2C)cn1. The molecule has 0 saturated carbocycles. The molecule has 0 fully saturated rings. The van der Waals surface area contributed by atoms with E-state index in [-0.39, 0.29) is 5.91 Å². The van der Waals surface area contributed by atoms with E-state index in [1.165, 1.54) is 0 Å². The lowest BCUT2D eigenvalue weighted by atomic mass is 9.97. The van der Waals surface area contributed by atoms with Crippen molar-refractivity contribution in [3.63, 3.8) is 0 Å². The number of amides is 1. The molecule has 0 aliphatic rings. The third-order valence-electron chi connectivity index (χ3n) is 5.07. The summed E-state index contributed by atoms with van der Waals surface area (Å²) in [5.74, 6) is 0.0348. The lowest BCUT2D eigenvalue weighted by Crippen LogP contribution is -2.27. The quantitative estimate of drug-likeness (QED) is 0.642. The number of nitrogens with zero attached hydrogens (tertiary/aromatic N) is 4. The Morgan fingerprint density at radius 3 is 2.70 bits per heavy atom. The number of unbranched alkanes of at least 4 members (excludes halogenated alkanes) is 1. The van der Waals surface area contributed by atoms with Crippen LogP contribution in [0.4, 0.5) is 0 Å². The number of aryl methyl sites for hydroxylation is 2. The van der Waals surface area contributed by atoms with Gasteiger partial charge in [-0.05, 0) is 44.9 Å². The van der Waals surface area contributed by atoms with Gasteiger partial charge in [0.05, 0.1) is 23.0 Å². The largest absolute Gasteiger partial charge is 0.342 e. The molecule has 0 bridgehead atoms. The van der Waals surface area contributed by atoms with Crippen LogP contribution in [0.3, 0.4) is 0 Å². The molecular weight excluding hydrogens is 336 g/mol. The molecule has 2 heterocycles. The van der Waals surface area contributed by atoms with Crippen molar-refractivity contribution in [1.29, 1.82) is 0 Å². The molecule has 3 rings (SSSR count). The van der Waals surface area contributed by atoms with Gasteiger partial charge in [-0.25, -0.2) is 4.98 Å². The van der Waals surface area contributed by atoms with Crippen molar-refractivity contribution >= 4 is 16.8 Å². The summed E-state index contributed by atoms with van der Waals surface area (Å²) in [4.78, 5) is 19.8. The molecule has 1 aromatic carbocycles. The Morgan fingerprint density at radius 2 is 2.00 bits per heavy atom. The Morgan fingerprint density at radius 1 is 1.22 bits per heavy atom. The van der Waals surface area contributed by atoms with Crippen LogP contribution in [-0.4, -0.2) is 39.2 Å². The number of hydrogen-bond acceptors (Lipinski definition) is 3. The maximum absolute atomic E-state index is 13.1. The van der Waals surface area contributed by atoms with E-state index in [4.69, 9.17) is 4.98 Å².